The molecule has 8 rings (SSSR count). The summed E-state index contributed by atoms with van der Waals surface area (Å²) in [7, 11) is 0.517. The molecule has 2 aromatic carbocycles. The summed E-state index contributed by atoms with van der Waals surface area (Å²) in [6, 6.07) is 12.8. The highest BCUT2D eigenvalue weighted by molar-refractivity contribution is 7.87. The number of piperazine rings is 1. The quantitative estimate of drug-likeness (QED) is 0.375. The van der Waals surface area contributed by atoms with Gasteiger partial charge in [-0.3, -0.25) is 14.5 Å². The maximum absolute atomic E-state index is 14.9. The molecule has 4 atom stereocenters. The van der Waals surface area contributed by atoms with Gasteiger partial charge in [0.25, 0.3) is 5.91 Å². The highest BCUT2D eigenvalue weighted by atomic mass is 32.2. The van der Waals surface area contributed by atoms with Crippen LogP contribution >= 0.6 is 0 Å². The minimum atomic E-state index is -3.96. The number of nitrogens with zero attached hydrogens (tertiary/aromatic N) is 4. The fourth-order valence-corrected chi connectivity index (χ4v) is 10.2. The number of rotatable bonds is 7. The van der Waals surface area contributed by atoms with Crippen molar-refractivity contribution in [2.24, 2.45) is 5.41 Å². The van der Waals surface area contributed by atoms with Crippen molar-refractivity contribution in [3.8, 4) is 17.0 Å². The molecule has 2 bridgehead atoms. The minimum absolute atomic E-state index is 0.0721. The van der Waals surface area contributed by atoms with Crippen LogP contribution in [0.25, 0.3) is 22.2 Å². The van der Waals surface area contributed by atoms with Gasteiger partial charge < -0.3 is 14.2 Å². The van der Waals surface area contributed by atoms with Crippen LogP contribution in [0.2, 0.25) is 0 Å². The molecular formula is C37H47N5O5S. The van der Waals surface area contributed by atoms with Crippen molar-refractivity contribution in [2.75, 3.05) is 40.8 Å². The number of methoxy groups -OCH3 is 1. The molecule has 3 aromatic rings. The zero-order chi connectivity index (χ0) is 33.5. The maximum Gasteiger partial charge on any atom is 0.303 e. The van der Waals surface area contributed by atoms with Crippen molar-refractivity contribution >= 4 is 32.9 Å². The number of ether oxygens (including phenoxy) is 1. The Morgan fingerprint density at radius 1 is 1.00 bits per heavy atom. The summed E-state index contributed by atoms with van der Waals surface area (Å²) in [5.74, 6) is 0.802. The monoisotopic (exact) mass is 673 g/mol. The first kappa shape index (κ1) is 31.8. The number of hydrogen-bond donors (Lipinski definition) is 1. The highest BCUT2D eigenvalue weighted by Crippen LogP contribution is 2.66. The highest BCUT2D eigenvalue weighted by Gasteiger charge is 2.64. The van der Waals surface area contributed by atoms with E-state index in [-0.39, 0.29) is 17.4 Å². The van der Waals surface area contributed by atoms with E-state index in [1.165, 1.54) is 44.5 Å². The number of amides is 2. The minimum Gasteiger partial charge on any atom is -0.497 e. The van der Waals surface area contributed by atoms with Crippen LogP contribution in [0.15, 0.2) is 36.4 Å². The number of likely N-dealkylation sites (N-methyl/N-ethyl adjacent to an activating group) is 1. The molecule has 2 saturated carbocycles. The summed E-state index contributed by atoms with van der Waals surface area (Å²) < 4.78 is 36.5. The lowest BCUT2D eigenvalue weighted by Gasteiger charge is -2.42. The van der Waals surface area contributed by atoms with Crippen molar-refractivity contribution in [3.05, 3.63) is 53.1 Å². The van der Waals surface area contributed by atoms with Gasteiger partial charge in [0.05, 0.1) is 18.2 Å². The third kappa shape index (κ3) is 4.90. The average molecular weight is 674 g/mol. The second-order valence-corrected chi connectivity index (χ2v) is 16.8. The van der Waals surface area contributed by atoms with Gasteiger partial charge in [0, 0.05) is 73.8 Å². The Kier molecular flexibility index (Phi) is 7.69. The van der Waals surface area contributed by atoms with Crippen molar-refractivity contribution in [1.82, 2.24) is 23.4 Å². The summed E-state index contributed by atoms with van der Waals surface area (Å²) in [6.45, 7) is 5.32. The lowest BCUT2D eigenvalue weighted by atomic mass is 9.81. The zero-order valence-electron chi connectivity index (χ0n) is 28.5. The molecular weight excluding hydrogens is 627 g/mol. The van der Waals surface area contributed by atoms with E-state index >= 15 is 0 Å². The first-order valence-corrected chi connectivity index (χ1v) is 19.1. The molecule has 3 aliphatic heterocycles. The van der Waals surface area contributed by atoms with E-state index < -0.39 is 21.5 Å². The largest absolute Gasteiger partial charge is 0.497 e. The first-order chi connectivity index (χ1) is 23.1. The van der Waals surface area contributed by atoms with Crippen molar-refractivity contribution in [2.45, 2.75) is 88.8 Å². The van der Waals surface area contributed by atoms with E-state index in [0.717, 1.165) is 84.0 Å². The fourth-order valence-electron chi connectivity index (χ4n) is 9.68. The Labute approximate surface area is 283 Å². The van der Waals surface area contributed by atoms with Gasteiger partial charge in [-0.1, -0.05) is 32.3 Å². The number of aromatic nitrogens is 1. The standard InChI is InChI=1S/C37H47N5O5S/c1-5-41-25-12-13-26(41)21-40(20-25)36(44)37-19-31(37)30-18-27(47-4)14-16-28(30)34-33(23-9-7-6-8-10-23)29-15-11-24(17-32(29)42(34)22-37)35(43)38-48(45,46)39(2)3/h11,14-18,23,25-26,31H,5-10,12-13,19-22H2,1-4H3,(H,38,43). The molecule has 256 valence electrons. The smallest absolute Gasteiger partial charge is 0.303 e. The van der Waals surface area contributed by atoms with Gasteiger partial charge in [-0.05, 0) is 86.0 Å². The maximum atomic E-state index is 14.9. The van der Waals surface area contributed by atoms with Crippen molar-refractivity contribution < 1.29 is 22.7 Å². The predicted octanol–water partition coefficient (Wildman–Crippen LogP) is 5.08. The van der Waals surface area contributed by atoms with Gasteiger partial charge in [-0.2, -0.15) is 12.7 Å². The molecule has 4 heterocycles. The summed E-state index contributed by atoms with van der Waals surface area (Å²) in [5, 5.41) is 1.09. The summed E-state index contributed by atoms with van der Waals surface area (Å²) in [6.07, 6.45) is 8.83. The Morgan fingerprint density at radius 2 is 1.73 bits per heavy atom. The second kappa shape index (κ2) is 11.6. The lowest BCUT2D eigenvalue weighted by Crippen LogP contribution is -2.56. The molecule has 1 aromatic heterocycles. The fraction of sp³-hybridized carbons (Fsp3) is 0.568. The van der Waals surface area contributed by atoms with Crippen LogP contribution in [0.5, 0.6) is 5.75 Å². The van der Waals surface area contributed by atoms with Crippen LogP contribution in [-0.2, 0) is 21.5 Å². The Balaban J connectivity index is 1.29. The zero-order valence-corrected chi connectivity index (χ0v) is 29.3. The van der Waals surface area contributed by atoms with Gasteiger partial charge >= 0.3 is 10.2 Å². The normalized spacial score (nSPS) is 26.9. The topological polar surface area (TPSA) is 104 Å². The molecule has 2 amide bonds. The molecule has 11 heteroatoms. The third-order valence-electron chi connectivity index (χ3n) is 12.2. The molecule has 4 fully saturated rings. The summed E-state index contributed by atoms with van der Waals surface area (Å²) >= 11 is 0. The van der Waals surface area contributed by atoms with Crippen LogP contribution in [0.1, 0.15) is 91.6 Å². The van der Waals surface area contributed by atoms with Crippen LogP contribution in [0.4, 0.5) is 0 Å². The van der Waals surface area contributed by atoms with Gasteiger partial charge in [0.15, 0.2) is 0 Å². The molecule has 48 heavy (non-hydrogen) atoms. The number of likely N-dealkylation sites (tertiary alicyclic amines) is 1. The number of carbonyl (C=O) groups excluding carboxylic acids is 2. The van der Waals surface area contributed by atoms with E-state index in [1.54, 1.807) is 13.2 Å². The molecule has 2 aliphatic carbocycles. The molecule has 4 unspecified atom stereocenters. The van der Waals surface area contributed by atoms with E-state index in [2.05, 4.69) is 38.1 Å². The van der Waals surface area contributed by atoms with Crippen molar-refractivity contribution in [1.29, 1.82) is 0 Å². The molecule has 0 spiro atoms. The van der Waals surface area contributed by atoms with Crippen LogP contribution < -0.4 is 9.46 Å². The van der Waals surface area contributed by atoms with Gasteiger partial charge in [-0.15, -0.1) is 0 Å². The van der Waals surface area contributed by atoms with E-state index in [4.69, 9.17) is 4.74 Å². The van der Waals surface area contributed by atoms with Gasteiger partial charge in [-0.25, -0.2) is 4.72 Å². The molecule has 0 radical (unpaired) electrons. The number of fused-ring (bicyclic) bond motifs is 9. The molecule has 10 nitrogen and oxygen atoms in total. The van der Waals surface area contributed by atoms with Crippen molar-refractivity contribution in [3.63, 3.8) is 0 Å². The molecule has 1 N–H and O–H groups in total. The predicted molar refractivity (Wildman–Crippen MR) is 185 cm³/mol. The molecule has 2 saturated heterocycles. The van der Waals surface area contributed by atoms with Crippen LogP contribution in [0, 0.1) is 5.41 Å². The van der Waals surface area contributed by atoms with Gasteiger partial charge in [0.1, 0.15) is 5.75 Å². The molecule has 5 aliphatic rings. The van der Waals surface area contributed by atoms with E-state index in [9.17, 15) is 18.0 Å². The number of nitrogens with one attached hydrogen (secondary N) is 1. The van der Waals surface area contributed by atoms with Crippen LogP contribution in [-0.4, -0.2) is 91.8 Å². The summed E-state index contributed by atoms with van der Waals surface area (Å²) in [4.78, 5) is 33.1. The average Bonchev–Trinajstić information content (AvgIpc) is 3.68. The third-order valence-corrected chi connectivity index (χ3v) is 13.6. The Bertz CT molecular complexity index is 1900. The van der Waals surface area contributed by atoms with Gasteiger partial charge in [0.2, 0.25) is 5.91 Å². The van der Waals surface area contributed by atoms with E-state index in [0.29, 0.717) is 24.5 Å². The number of benzene rings is 2. The summed E-state index contributed by atoms with van der Waals surface area (Å²) in [5.41, 5.74) is 5.32. The second-order valence-electron chi connectivity index (χ2n) is 14.9. The Hall–Kier alpha value is -3.41. The van der Waals surface area contributed by atoms with Crippen LogP contribution in [0.3, 0.4) is 0 Å². The Morgan fingerprint density at radius 3 is 2.40 bits per heavy atom. The number of carbonyl (C=O) groups is 2. The lowest BCUT2D eigenvalue weighted by molar-refractivity contribution is -0.141. The first-order valence-electron chi connectivity index (χ1n) is 17.7. The number of hydrogen-bond acceptors (Lipinski definition) is 6. The SMILES string of the molecule is CCN1C2CCC1CN(C(=O)C13CC1c1cc(OC)ccc1-c1c(C4CCCCC4)c4ccc(C(=O)NS(=O)(=O)N(C)C)cc4n1C3)C2. The van der Waals surface area contributed by atoms with E-state index in [1.807, 2.05) is 18.2 Å².